The van der Waals surface area contributed by atoms with Crippen molar-refractivity contribution in [3.05, 3.63) is 0 Å². The van der Waals surface area contributed by atoms with Crippen molar-refractivity contribution >= 4 is 5.91 Å². The highest BCUT2D eigenvalue weighted by Crippen LogP contribution is 2.15. The number of likely N-dealkylation sites (tertiary alicyclic amines) is 1. The number of amides is 1. The molecule has 1 aliphatic heterocycles. The van der Waals surface area contributed by atoms with Crippen molar-refractivity contribution in [1.29, 1.82) is 0 Å². The molecule has 0 aromatic heterocycles. The molecule has 0 aromatic carbocycles. The van der Waals surface area contributed by atoms with E-state index >= 15 is 0 Å². The Morgan fingerprint density at radius 2 is 2.40 bits per heavy atom. The molecule has 1 N–H and O–H groups in total. The standard InChI is InChI=1S/C12H20N2O/c1-4-10(5-2)14-9-7-8-11(12(14)15)13-6-3/h1,10-11,13H,5-9H2,2-3H3. The first-order valence-electron chi connectivity index (χ1n) is 5.74. The summed E-state index contributed by atoms with van der Waals surface area (Å²) in [6.45, 7) is 5.68. The molecule has 0 bridgehead atoms. The molecule has 3 heteroatoms. The zero-order chi connectivity index (χ0) is 11.3. The van der Waals surface area contributed by atoms with E-state index in [0.29, 0.717) is 0 Å². The van der Waals surface area contributed by atoms with Crippen molar-refractivity contribution in [1.82, 2.24) is 10.2 Å². The van der Waals surface area contributed by atoms with Crippen LogP contribution >= 0.6 is 0 Å². The summed E-state index contributed by atoms with van der Waals surface area (Å²) in [6.07, 6.45) is 8.24. The lowest BCUT2D eigenvalue weighted by Gasteiger charge is -2.35. The smallest absolute Gasteiger partial charge is 0.240 e. The quantitative estimate of drug-likeness (QED) is 0.699. The zero-order valence-corrected chi connectivity index (χ0v) is 9.62. The van der Waals surface area contributed by atoms with E-state index < -0.39 is 0 Å². The number of hydrogen-bond donors (Lipinski definition) is 1. The van der Waals surface area contributed by atoms with Gasteiger partial charge in [0.25, 0.3) is 0 Å². The van der Waals surface area contributed by atoms with Crippen molar-refractivity contribution in [2.24, 2.45) is 0 Å². The maximum Gasteiger partial charge on any atom is 0.240 e. The van der Waals surface area contributed by atoms with Gasteiger partial charge in [0.1, 0.15) is 0 Å². The van der Waals surface area contributed by atoms with Crippen molar-refractivity contribution in [3.8, 4) is 12.3 Å². The number of likely N-dealkylation sites (N-methyl/N-ethyl adjacent to an activating group) is 1. The van der Waals surface area contributed by atoms with Crippen molar-refractivity contribution < 1.29 is 4.79 Å². The summed E-state index contributed by atoms with van der Waals surface area (Å²) in [5.74, 6) is 2.87. The van der Waals surface area contributed by atoms with Gasteiger partial charge < -0.3 is 10.2 Å². The van der Waals surface area contributed by atoms with Gasteiger partial charge in [-0.25, -0.2) is 0 Å². The second-order valence-electron chi connectivity index (χ2n) is 3.87. The molecular weight excluding hydrogens is 188 g/mol. The number of nitrogens with zero attached hydrogens (tertiary/aromatic N) is 1. The van der Waals surface area contributed by atoms with Gasteiger partial charge >= 0.3 is 0 Å². The molecule has 15 heavy (non-hydrogen) atoms. The average molecular weight is 208 g/mol. The van der Waals surface area contributed by atoms with E-state index in [4.69, 9.17) is 6.42 Å². The van der Waals surface area contributed by atoms with Crippen molar-refractivity contribution in [2.45, 2.75) is 45.2 Å². The summed E-state index contributed by atoms with van der Waals surface area (Å²) in [4.78, 5) is 13.9. The van der Waals surface area contributed by atoms with Crippen molar-refractivity contribution in [2.75, 3.05) is 13.1 Å². The molecule has 0 aliphatic carbocycles. The lowest BCUT2D eigenvalue weighted by molar-refractivity contribution is -0.137. The lowest BCUT2D eigenvalue weighted by atomic mass is 10.0. The predicted molar refractivity (Wildman–Crippen MR) is 61.3 cm³/mol. The van der Waals surface area contributed by atoms with E-state index in [1.807, 2.05) is 18.7 Å². The van der Waals surface area contributed by atoms with Gasteiger partial charge in [-0.1, -0.05) is 19.8 Å². The van der Waals surface area contributed by atoms with E-state index in [2.05, 4.69) is 11.2 Å². The third-order valence-corrected chi connectivity index (χ3v) is 2.88. The Morgan fingerprint density at radius 3 is 2.93 bits per heavy atom. The van der Waals surface area contributed by atoms with E-state index in [9.17, 15) is 4.79 Å². The Hall–Kier alpha value is -1.01. The molecule has 1 fully saturated rings. The van der Waals surface area contributed by atoms with Crippen LogP contribution in [0.25, 0.3) is 0 Å². The van der Waals surface area contributed by atoms with Gasteiger partial charge in [-0.15, -0.1) is 6.42 Å². The summed E-state index contributed by atoms with van der Waals surface area (Å²) in [7, 11) is 0. The Morgan fingerprint density at radius 1 is 1.67 bits per heavy atom. The number of piperidine rings is 1. The Kier molecular flexibility index (Phi) is 4.64. The molecule has 0 radical (unpaired) electrons. The molecule has 1 saturated heterocycles. The number of hydrogen-bond acceptors (Lipinski definition) is 2. The Labute approximate surface area is 92.2 Å². The SMILES string of the molecule is C#CC(CC)N1CCCC(NCC)C1=O. The molecule has 1 rings (SSSR count). The highest BCUT2D eigenvalue weighted by molar-refractivity contribution is 5.83. The highest BCUT2D eigenvalue weighted by atomic mass is 16.2. The molecule has 0 saturated carbocycles. The van der Waals surface area contributed by atoms with E-state index in [-0.39, 0.29) is 18.0 Å². The minimum Gasteiger partial charge on any atom is -0.328 e. The molecule has 1 amide bonds. The molecular formula is C12H20N2O. The third-order valence-electron chi connectivity index (χ3n) is 2.88. The first-order valence-corrected chi connectivity index (χ1v) is 5.74. The van der Waals surface area contributed by atoms with Crippen LogP contribution in [-0.2, 0) is 4.79 Å². The monoisotopic (exact) mass is 208 g/mol. The van der Waals surface area contributed by atoms with Crippen LogP contribution in [0.3, 0.4) is 0 Å². The first kappa shape index (κ1) is 12.1. The van der Waals surface area contributed by atoms with Gasteiger partial charge in [-0.3, -0.25) is 4.79 Å². The van der Waals surface area contributed by atoms with Gasteiger partial charge in [0.2, 0.25) is 5.91 Å². The second kappa shape index (κ2) is 5.77. The molecule has 0 spiro atoms. The van der Waals surface area contributed by atoms with Gasteiger partial charge in [0, 0.05) is 6.54 Å². The van der Waals surface area contributed by atoms with E-state index in [1.54, 1.807) is 0 Å². The normalized spacial score (nSPS) is 23.7. The number of rotatable bonds is 4. The van der Waals surface area contributed by atoms with Crippen LogP contribution in [0.2, 0.25) is 0 Å². The summed E-state index contributed by atoms with van der Waals surface area (Å²) >= 11 is 0. The van der Waals surface area contributed by atoms with Crippen LogP contribution < -0.4 is 5.32 Å². The third kappa shape index (κ3) is 2.73. The highest BCUT2D eigenvalue weighted by Gasteiger charge is 2.30. The van der Waals surface area contributed by atoms with Crippen LogP contribution in [0, 0.1) is 12.3 Å². The molecule has 1 aliphatic rings. The predicted octanol–water partition coefficient (Wildman–Crippen LogP) is 0.999. The van der Waals surface area contributed by atoms with Gasteiger partial charge in [-0.2, -0.15) is 0 Å². The fourth-order valence-corrected chi connectivity index (χ4v) is 2.07. The number of nitrogens with one attached hydrogen (secondary N) is 1. The maximum atomic E-state index is 12.0. The first-order chi connectivity index (χ1) is 7.24. The van der Waals surface area contributed by atoms with Crippen LogP contribution in [0.1, 0.15) is 33.1 Å². The van der Waals surface area contributed by atoms with Crippen LogP contribution in [-0.4, -0.2) is 36.0 Å². The average Bonchev–Trinajstić information content (AvgIpc) is 2.25. The van der Waals surface area contributed by atoms with Gasteiger partial charge in [0.15, 0.2) is 0 Å². The fraction of sp³-hybridized carbons (Fsp3) is 0.750. The minimum absolute atomic E-state index is 0.0221. The Balaban J connectivity index is 2.66. The minimum atomic E-state index is -0.0287. The lowest BCUT2D eigenvalue weighted by Crippen LogP contribution is -2.53. The largest absolute Gasteiger partial charge is 0.328 e. The molecule has 2 unspecified atom stereocenters. The zero-order valence-electron chi connectivity index (χ0n) is 9.62. The summed E-state index contributed by atoms with van der Waals surface area (Å²) in [5, 5.41) is 3.21. The molecule has 2 atom stereocenters. The van der Waals surface area contributed by atoms with Crippen LogP contribution in [0.15, 0.2) is 0 Å². The topological polar surface area (TPSA) is 32.3 Å². The summed E-state index contributed by atoms with van der Waals surface area (Å²) < 4.78 is 0. The molecule has 84 valence electrons. The number of terminal acetylenes is 1. The molecule has 0 aromatic rings. The van der Waals surface area contributed by atoms with Gasteiger partial charge in [0.05, 0.1) is 12.1 Å². The summed E-state index contributed by atoms with van der Waals surface area (Å²) in [6, 6.07) is -0.0508. The van der Waals surface area contributed by atoms with Crippen LogP contribution in [0.5, 0.6) is 0 Å². The number of carbonyl (C=O) groups is 1. The molecule has 3 nitrogen and oxygen atoms in total. The van der Waals surface area contributed by atoms with Crippen molar-refractivity contribution in [3.63, 3.8) is 0 Å². The second-order valence-corrected chi connectivity index (χ2v) is 3.87. The number of carbonyl (C=O) groups excluding carboxylic acids is 1. The fourth-order valence-electron chi connectivity index (χ4n) is 2.07. The van der Waals surface area contributed by atoms with Gasteiger partial charge in [-0.05, 0) is 25.8 Å². The maximum absolute atomic E-state index is 12.0. The summed E-state index contributed by atoms with van der Waals surface area (Å²) in [5.41, 5.74) is 0. The van der Waals surface area contributed by atoms with Crippen LogP contribution in [0.4, 0.5) is 0 Å². The molecule has 1 heterocycles. The van der Waals surface area contributed by atoms with E-state index in [0.717, 1.165) is 32.4 Å². The van der Waals surface area contributed by atoms with E-state index in [1.165, 1.54) is 0 Å². The Bertz CT molecular complexity index is 255.